The van der Waals surface area contributed by atoms with Crippen molar-refractivity contribution in [2.24, 2.45) is 0 Å². The zero-order valence-corrected chi connectivity index (χ0v) is 15.8. The van der Waals surface area contributed by atoms with Crippen molar-refractivity contribution in [3.63, 3.8) is 0 Å². The summed E-state index contributed by atoms with van der Waals surface area (Å²) in [6.07, 6.45) is 6.62. The molecule has 4 rings (SSSR count). The molecule has 2 amide bonds. The third-order valence-electron chi connectivity index (χ3n) is 5.10. The number of H-pyrrole nitrogens is 1. The zero-order valence-electron chi connectivity index (χ0n) is 15.8. The Bertz CT molecular complexity index is 1040. The van der Waals surface area contributed by atoms with Crippen LogP contribution in [-0.4, -0.2) is 58.3 Å². The smallest absolute Gasteiger partial charge is 0.254 e. The highest BCUT2D eigenvalue weighted by molar-refractivity contribution is 5.96. The van der Waals surface area contributed by atoms with Gasteiger partial charge in [0.15, 0.2) is 0 Å². The number of amides is 2. The van der Waals surface area contributed by atoms with Crippen LogP contribution in [0.3, 0.4) is 0 Å². The zero-order chi connectivity index (χ0) is 19.5. The summed E-state index contributed by atoms with van der Waals surface area (Å²) >= 11 is 0. The maximum atomic E-state index is 12.6. The lowest BCUT2D eigenvalue weighted by Crippen LogP contribution is -2.42. The Morgan fingerprint density at radius 3 is 2.75 bits per heavy atom. The summed E-state index contributed by atoms with van der Waals surface area (Å²) in [5, 5.41) is 1.10. The van der Waals surface area contributed by atoms with E-state index in [2.05, 4.69) is 22.1 Å². The first-order valence-corrected chi connectivity index (χ1v) is 9.33. The van der Waals surface area contributed by atoms with Crippen LogP contribution in [-0.2, 0) is 4.79 Å². The van der Waals surface area contributed by atoms with Crippen LogP contribution < -0.4 is 0 Å². The fraction of sp³-hybridized carbons (Fsp3) is 0.227. The molecule has 6 nitrogen and oxygen atoms in total. The number of rotatable bonds is 4. The van der Waals surface area contributed by atoms with E-state index in [0.717, 1.165) is 23.0 Å². The van der Waals surface area contributed by atoms with Crippen molar-refractivity contribution in [2.75, 3.05) is 26.7 Å². The molecule has 1 aromatic carbocycles. The van der Waals surface area contributed by atoms with Crippen molar-refractivity contribution in [1.29, 1.82) is 0 Å². The van der Waals surface area contributed by atoms with E-state index in [9.17, 15) is 9.59 Å². The lowest BCUT2D eigenvalue weighted by Gasteiger charge is -2.28. The molecule has 0 saturated carbocycles. The number of aromatic amines is 1. The van der Waals surface area contributed by atoms with Crippen LogP contribution in [0, 0.1) is 0 Å². The highest BCUT2D eigenvalue weighted by Crippen LogP contribution is 2.28. The Labute approximate surface area is 163 Å². The maximum absolute atomic E-state index is 12.6. The average molecular weight is 374 g/mol. The molecular formula is C22H22N4O2. The van der Waals surface area contributed by atoms with E-state index in [1.807, 2.05) is 30.5 Å². The summed E-state index contributed by atoms with van der Waals surface area (Å²) < 4.78 is 0. The molecule has 3 heterocycles. The van der Waals surface area contributed by atoms with E-state index >= 15 is 0 Å². The standard InChI is InChI=1S/C22H22N4O2/c1-25(22(28)17-6-3-2-4-7-17)15-20(27)26-12-9-16(10-13-26)19-14-24-21-18(19)8-5-11-23-21/h2-9,11,14H,10,12-13,15H2,1H3,(H,23,24). The molecule has 0 aliphatic carbocycles. The monoisotopic (exact) mass is 374 g/mol. The molecule has 0 fully saturated rings. The maximum Gasteiger partial charge on any atom is 0.254 e. The Balaban J connectivity index is 1.40. The number of nitrogens with one attached hydrogen (secondary N) is 1. The normalized spacial score (nSPS) is 14.0. The summed E-state index contributed by atoms with van der Waals surface area (Å²) in [6, 6.07) is 13.0. The second-order valence-electron chi connectivity index (χ2n) is 6.95. The van der Waals surface area contributed by atoms with Crippen LogP contribution in [0.5, 0.6) is 0 Å². The minimum absolute atomic E-state index is 0.0392. The topological polar surface area (TPSA) is 69.3 Å². The Kier molecular flexibility index (Phi) is 4.93. The van der Waals surface area contributed by atoms with E-state index in [0.29, 0.717) is 18.7 Å². The minimum Gasteiger partial charge on any atom is -0.346 e. The van der Waals surface area contributed by atoms with Crippen molar-refractivity contribution < 1.29 is 9.59 Å². The molecule has 28 heavy (non-hydrogen) atoms. The number of hydrogen-bond acceptors (Lipinski definition) is 3. The molecule has 0 saturated heterocycles. The second kappa shape index (κ2) is 7.68. The SMILES string of the molecule is CN(CC(=O)N1CC=C(c2c[nH]c3ncccc23)CC1)C(=O)c1ccccc1. The van der Waals surface area contributed by atoms with Crippen molar-refractivity contribution in [3.05, 3.63) is 72.1 Å². The van der Waals surface area contributed by atoms with Crippen LogP contribution in [0.2, 0.25) is 0 Å². The number of pyridine rings is 1. The minimum atomic E-state index is -0.145. The van der Waals surface area contributed by atoms with Crippen LogP contribution in [0.1, 0.15) is 22.3 Å². The third kappa shape index (κ3) is 3.53. The van der Waals surface area contributed by atoms with Crippen LogP contribution in [0.4, 0.5) is 0 Å². The van der Waals surface area contributed by atoms with Gasteiger partial charge in [0.05, 0.1) is 6.54 Å². The first kappa shape index (κ1) is 18.0. The molecule has 1 aliphatic heterocycles. The summed E-state index contributed by atoms with van der Waals surface area (Å²) in [4.78, 5) is 35.9. The summed E-state index contributed by atoms with van der Waals surface area (Å²) in [6.45, 7) is 1.27. The highest BCUT2D eigenvalue weighted by Gasteiger charge is 2.22. The van der Waals surface area contributed by atoms with E-state index in [1.54, 1.807) is 30.3 Å². The first-order chi connectivity index (χ1) is 13.6. The molecule has 6 heteroatoms. The lowest BCUT2D eigenvalue weighted by molar-refractivity contribution is -0.131. The van der Waals surface area contributed by atoms with Crippen LogP contribution >= 0.6 is 0 Å². The first-order valence-electron chi connectivity index (χ1n) is 9.33. The van der Waals surface area contributed by atoms with Crippen LogP contribution in [0.15, 0.2) is 60.9 Å². The fourth-order valence-corrected chi connectivity index (χ4v) is 3.54. The van der Waals surface area contributed by atoms with E-state index in [4.69, 9.17) is 0 Å². The lowest BCUT2D eigenvalue weighted by atomic mass is 9.99. The van der Waals surface area contributed by atoms with Crippen molar-refractivity contribution in [3.8, 4) is 0 Å². The van der Waals surface area contributed by atoms with E-state index < -0.39 is 0 Å². The molecule has 1 aliphatic rings. The second-order valence-corrected chi connectivity index (χ2v) is 6.95. The van der Waals surface area contributed by atoms with Gasteiger partial charge in [0.1, 0.15) is 5.65 Å². The van der Waals surface area contributed by atoms with E-state index in [-0.39, 0.29) is 18.4 Å². The van der Waals surface area contributed by atoms with Gasteiger partial charge in [-0.3, -0.25) is 9.59 Å². The molecule has 0 bridgehead atoms. The highest BCUT2D eigenvalue weighted by atomic mass is 16.2. The van der Waals surface area contributed by atoms with Gasteiger partial charge < -0.3 is 14.8 Å². The van der Waals surface area contributed by atoms with Gasteiger partial charge >= 0.3 is 0 Å². The Morgan fingerprint density at radius 1 is 1.18 bits per heavy atom. The molecule has 1 N–H and O–H groups in total. The number of hydrogen-bond donors (Lipinski definition) is 1. The van der Waals surface area contributed by atoms with Gasteiger partial charge in [-0.25, -0.2) is 4.98 Å². The fourth-order valence-electron chi connectivity index (χ4n) is 3.54. The molecule has 0 radical (unpaired) electrons. The molecule has 0 unspecified atom stereocenters. The Hall–Kier alpha value is -3.41. The molecular weight excluding hydrogens is 352 g/mol. The van der Waals surface area contributed by atoms with Gasteiger partial charge in [-0.05, 0) is 36.3 Å². The van der Waals surface area contributed by atoms with Crippen molar-refractivity contribution >= 4 is 28.4 Å². The average Bonchev–Trinajstić information content (AvgIpc) is 3.18. The molecule has 2 aromatic heterocycles. The molecule has 3 aromatic rings. The van der Waals surface area contributed by atoms with Gasteiger partial charge in [0, 0.05) is 49.0 Å². The predicted octanol–water partition coefficient (Wildman–Crippen LogP) is 2.95. The number of benzene rings is 1. The van der Waals surface area contributed by atoms with E-state index in [1.165, 1.54) is 10.5 Å². The quantitative estimate of drug-likeness (QED) is 0.763. The number of likely N-dealkylation sites (N-methyl/N-ethyl adjacent to an activating group) is 1. The predicted molar refractivity (Wildman–Crippen MR) is 109 cm³/mol. The summed E-state index contributed by atoms with van der Waals surface area (Å²) in [5.41, 5.74) is 3.83. The molecule has 142 valence electrons. The molecule has 0 atom stereocenters. The summed E-state index contributed by atoms with van der Waals surface area (Å²) in [7, 11) is 1.66. The largest absolute Gasteiger partial charge is 0.346 e. The van der Waals surface area contributed by atoms with Crippen molar-refractivity contribution in [2.45, 2.75) is 6.42 Å². The van der Waals surface area contributed by atoms with Gasteiger partial charge in [0.25, 0.3) is 5.91 Å². The summed E-state index contributed by atoms with van der Waals surface area (Å²) in [5.74, 6) is -0.184. The van der Waals surface area contributed by atoms with Gasteiger partial charge in [-0.2, -0.15) is 0 Å². The number of fused-ring (bicyclic) bond motifs is 1. The number of carbonyl (C=O) groups excluding carboxylic acids is 2. The molecule has 0 spiro atoms. The van der Waals surface area contributed by atoms with Gasteiger partial charge in [0.2, 0.25) is 5.91 Å². The van der Waals surface area contributed by atoms with Gasteiger partial charge in [-0.15, -0.1) is 0 Å². The third-order valence-corrected chi connectivity index (χ3v) is 5.10. The number of nitrogens with zero attached hydrogens (tertiary/aromatic N) is 3. The van der Waals surface area contributed by atoms with Crippen molar-refractivity contribution in [1.82, 2.24) is 19.8 Å². The van der Waals surface area contributed by atoms with Gasteiger partial charge in [-0.1, -0.05) is 24.3 Å². The number of aromatic nitrogens is 2. The number of carbonyl (C=O) groups is 2. The van der Waals surface area contributed by atoms with Crippen LogP contribution in [0.25, 0.3) is 16.6 Å². The Morgan fingerprint density at radius 2 is 2.00 bits per heavy atom.